The van der Waals surface area contributed by atoms with E-state index in [1.165, 1.54) is 0 Å². The average molecular weight is 246 g/mol. The lowest BCUT2D eigenvalue weighted by molar-refractivity contribution is -0.140. The van der Waals surface area contributed by atoms with Crippen LogP contribution in [0.2, 0.25) is 5.15 Å². The molecule has 0 aromatic carbocycles. The van der Waals surface area contributed by atoms with Gasteiger partial charge in [-0.05, 0) is 11.6 Å². The molecule has 5 heteroatoms. The highest BCUT2D eigenvalue weighted by Crippen LogP contribution is 2.16. The van der Waals surface area contributed by atoms with E-state index in [-0.39, 0.29) is 5.92 Å². The van der Waals surface area contributed by atoms with Crippen LogP contribution in [0.4, 0.5) is 0 Å². The average Bonchev–Trinajstić information content (AvgIpc) is 2.20. The Bertz CT molecular complexity index is 329. The van der Waals surface area contributed by atoms with Crippen LogP contribution >= 0.6 is 23.4 Å². The van der Waals surface area contributed by atoms with E-state index in [1.54, 1.807) is 30.9 Å². The van der Waals surface area contributed by atoms with Crippen LogP contribution < -0.4 is 0 Å². The van der Waals surface area contributed by atoms with Gasteiger partial charge in [-0.3, -0.25) is 4.79 Å². The number of halogens is 1. The lowest BCUT2D eigenvalue weighted by Gasteiger charge is -2.05. The SMILES string of the molecule is CC(CSCc1ccc(Cl)nc1)C(=O)O. The largest absolute Gasteiger partial charge is 0.481 e. The third-order valence-corrected chi connectivity index (χ3v) is 3.34. The van der Waals surface area contributed by atoms with Crippen LogP contribution in [0.1, 0.15) is 12.5 Å². The number of hydrogen-bond donors (Lipinski definition) is 1. The van der Waals surface area contributed by atoms with Gasteiger partial charge in [-0.2, -0.15) is 11.8 Å². The molecule has 0 spiro atoms. The van der Waals surface area contributed by atoms with Gasteiger partial charge in [-0.25, -0.2) is 4.98 Å². The molecule has 1 atom stereocenters. The number of rotatable bonds is 5. The van der Waals surface area contributed by atoms with Crippen LogP contribution in [0.3, 0.4) is 0 Å². The van der Waals surface area contributed by atoms with Crippen LogP contribution in [-0.4, -0.2) is 21.8 Å². The minimum atomic E-state index is -0.753. The van der Waals surface area contributed by atoms with Gasteiger partial charge in [0.05, 0.1) is 5.92 Å². The smallest absolute Gasteiger partial charge is 0.307 e. The molecule has 0 saturated carbocycles. The van der Waals surface area contributed by atoms with E-state index in [2.05, 4.69) is 4.98 Å². The van der Waals surface area contributed by atoms with Crippen LogP contribution in [0.15, 0.2) is 18.3 Å². The van der Waals surface area contributed by atoms with Crippen molar-refractivity contribution in [3.63, 3.8) is 0 Å². The van der Waals surface area contributed by atoms with Crippen LogP contribution in [-0.2, 0) is 10.5 Å². The van der Waals surface area contributed by atoms with E-state index in [9.17, 15) is 4.79 Å². The minimum absolute atomic E-state index is 0.310. The Morgan fingerprint density at radius 1 is 1.67 bits per heavy atom. The highest BCUT2D eigenvalue weighted by Gasteiger charge is 2.10. The molecule has 3 nitrogen and oxygen atoms in total. The predicted octanol–water partition coefficient (Wildman–Crippen LogP) is 2.69. The van der Waals surface area contributed by atoms with Gasteiger partial charge >= 0.3 is 5.97 Å². The van der Waals surface area contributed by atoms with Crippen LogP contribution in [0.5, 0.6) is 0 Å². The van der Waals surface area contributed by atoms with E-state index in [1.807, 2.05) is 6.07 Å². The summed E-state index contributed by atoms with van der Waals surface area (Å²) in [6.45, 7) is 1.70. The molecule has 1 aromatic heterocycles. The summed E-state index contributed by atoms with van der Waals surface area (Å²) < 4.78 is 0. The highest BCUT2D eigenvalue weighted by atomic mass is 35.5. The van der Waals surface area contributed by atoms with Crippen molar-refractivity contribution in [2.75, 3.05) is 5.75 Å². The Labute approximate surface area is 97.9 Å². The predicted molar refractivity (Wildman–Crippen MR) is 62.2 cm³/mol. The van der Waals surface area contributed by atoms with E-state index in [0.29, 0.717) is 10.9 Å². The van der Waals surface area contributed by atoms with Crippen LogP contribution in [0.25, 0.3) is 0 Å². The molecule has 1 aromatic rings. The summed E-state index contributed by atoms with van der Waals surface area (Å²) >= 11 is 7.23. The summed E-state index contributed by atoms with van der Waals surface area (Å²) in [5.74, 6) is 0.312. The molecule has 0 aliphatic carbocycles. The number of thioether (sulfide) groups is 1. The topological polar surface area (TPSA) is 50.2 Å². The zero-order chi connectivity index (χ0) is 11.3. The van der Waals surface area contributed by atoms with Crippen molar-refractivity contribution in [3.8, 4) is 0 Å². The first-order chi connectivity index (χ1) is 7.09. The lowest BCUT2D eigenvalue weighted by atomic mass is 10.2. The van der Waals surface area contributed by atoms with Crippen molar-refractivity contribution in [3.05, 3.63) is 29.0 Å². The summed E-state index contributed by atoms with van der Waals surface area (Å²) in [6, 6.07) is 3.63. The third-order valence-electron chi connectivity index (χ3n) is 1.85. The Kier molecular flexibility index (Phi) is 4.91. The Balaban J connectivity index is 2.32. The summed E-state index contributed by atoms with van der Waals surface area (Å²) in [4.78, 5) is 14.5. The van der Waals surface area contributed by atoms with Gasteiger partial charge in [0.25, 0.3) is 0 Å². The molecule has 0 aliphatic heterocycles. The first-order valence-corrected chi connectivity index (χ1v) is 6.04. The number of aliphatic carboxylic acids is 1. The van der Waals surface area contributed by atoms with E-state index in [4.69, 9.17) is 16.7 Å². The molecule has 0 fully saturated rings. The van der Waals surface area contributed by atoms with Crippen LogP contribution in [0, 0.1) is 5.92 Å². The fraction of sp³-hybridized carbons (Fsp3) is 0.400. The standard InChI is InChI=1S/C10H12ClNO2S/c1-7(10(13)14)5-15-6-8-2-3-9(11)12-4-8/h2-4,7H,5-6H2,1H3,(H,13,14). The zero-order valence-electron chi connectivity index (χ0n) is 8.31. The van der Waals surface area contributed by atoms with Crippen molar-refractivity contribution >= 4 is 29.3 Å². The number of pyridine rings is 1. The number of carbonyl (C=O) groups is 1. The van der Waals surface area contributed by atoms with E-state index in [0.717, 1.165) is 11.3 Å². The number of aromatic nitrogens is 1. The molecular weight excluding hydrogens is 234 g/mol. The minimum Gasteiger partial charge on any atom is -0.481 e. The molecule has 0 amide bonds. The Morgan fingerprint density at radius 2 is 2.40 bits per heavy atom. The normalized spacial score (nSPS) is 12.4. The summed E-state index contributed by atoms with van der Waals surface area (Å²) in [5.41, 5.74) is 1.06. The van der Waals surface area contributed by atoms with Crippen molar-refractivity contribution in [1.82, 2.24) is 4.98 Å². The molecule has 1 rings (SSSR count). The molecule has 1 heterocycles. The Morgan fingerprint density at radius 3 is 2.93 bits per heavy atom. The lowest BCUT2D eigenvalue weighted by Crippen LogP contribution is -2.11. The highest BCUT2D eigenvalue weighted by molar-refractivity contribution is 7.98. The first kappa shape index (κ1) is 12.3. The molecule has 15 heavy (non-hydrogen) atoms. The maximum absolute atomic E-state index is 10.5. The number of carboxylic acid groups (broad SMARTS) is 1. The van der Waals surface area contributed by atoms with Gasteiger partial charge in [-0.15, -0.1) is 0 Å². The molecular formula is C10H12ClNO2S. The third kappa shape index (κ3) is 4.53. The first-order valence-electron chi connectivity index (χ1n) is 4.50. The summed E-state index contributed by atoms with van der Waals surface area (Å²) in [5, 5.41) is 9.15. The number of carboxylic acids is 1. The monoisotopic (exact) mass is 245 g/mol. The van der Waals surface area contributed by atoms with Crippen molar-refractivity contribution in [2.45, 2.75) is 12.7 Å². The van der Waals surface area contributed by atoms with E-state index < -0.39 is 5.97 Å². The maximum atomic E-state index is 10.5. The number of nitrogens with zero attached hydrogens (tertiary/aromatic N) is 1. The second-order valence-corrected chi connectivity index (χ2v) is 4.66. The van der Waals surface area contributed by atoms with Crippen molar-refractivity contribution in [2.24, 2.45) is 5.92 Å². The fourth-order valence-electron chi connectivity index (χ4n) is 0.917. The van der Waals surface area contributed by atoms with Crippen molar-refractivity contribution in [1.29, 1.82) is 0 Å². The molecule has 0 bridgehead atoms. The van der Waals surface area contributed by atoms with Gasteiger partial charge in [0.1, 0.15) is 5.15 Å². The van der Waals surface area contributed by atoms with Gasteiger partial charge in [0.2, 0.25) is 0 Å². The zero-order valence-corrected chi connectivity index (χ0v) is 9.88. The summed E-state index contributed by atoms with van der Waals surface area (Å²) in [6.07, 6.45) is 1.71. The molecule has 0 radical (unpaired) electrons. The van der Waals surface area contributed by atoms with Crippen molar-refractivity contribution < 1.29 is 9.90 Å². The number of hydrogen-bond acceptors (Lipinski definition) is 3. The van der Waals surface area contributed by atoms with Gasteiger partial charge in [0.15, 0.2) is 0 Å². The molecule has 1 N–H and O–H groups in total. The van der Waals surface area contributed by atoms with E-state index >= 15 is 0 Å². The maximum Gasteiger partial charge on any atom is 0.307 e. The second kappa shape index (κ2) is 5.98. The molecule has 0 aliphatic rings. The second-order valence-electron chi connectivity index (χ2n) is 3.24. The molecule has 1 unspecified atom stereocenters. The quantitative estimate of drug-likeness (QED) is 0.811. The fourth-order valence-corrected chi connectivity index (χ4v) is 2.05. The molecule has 82 valence electrons. The Hall–Kier alpha value is -0.740. The van der Waals surface area contributed by atoms with Gasteiger partial charge < -0.3 is 5.11 Å². The summed E-state index contributed by atoms with van der Waals surface area (Å²) in [7, 11) is 0. The van der Waals surface area contributed by atoms with Gasteiger partial charge in [0, 0.05) is 17.7 Å². The molecule has 0 saturated heterocycles. The van der Waals surface area contributed by atoms with Gasteiger partial charge in [-0.1, -0.05) is 24.6 Å².